The van der Waals surface area contributed by atoms with Crippen molar-refractivity contribution in [1.82, 2.24) is 10.2 Å². The lowest BCUT2D eigenvalue weighted by Gasteiger charge is -2.33. The molecule has 1 aromatic carbocycles. The Bertz CT molecular complexity index is 755. The number of rotatable bonds is 4. The van der Waals surface area contributed by atoms with Crippen LogP contribution in [0.15, 0.2) is 52.1 Å². The van der Waals surface area contributed by atoms with Gasteiger partial charge in [-0.2, -0.15) is 0 Å². The maximum atomic E-state index is 12.1. The number of nitrogens with one attached hydrogen (secondary N) is 2. The van der Waals surface area contributed by atoms with E-state index in [1.54, 1.807) is 12.1 Å². The lowest BCUT2D eigenvalue weighted by molar-refractivity contribution is 0.0996. The van der Waals surface area contributed by atoms with Crippen molar-refractivity contribution >= 4 is 17.6 Å². The normalized spacial score (nSPS) is 17.8. The van der Waals surface area contributed by atoms with E-state index in [0.717, 1.165) is 30.3 Å². The van der Waals surface area contributed by atoms with Gasteiger partial charge in [0, 0.05) is 32.4 Å². The first kappa shape index (κ1) is 18.0. The van der Waals surface area contributed by atoms with E-state index in [0.29, 0.717) is 18.2 Å². The zero-order chi connectivity index (χ0) is 18.4. The SMILES string of the molecule is CN=C(NCc1cccc(NC(=O)c2ccco2)c1)N1CCCC(C)C1. The van der Waals surface area contributed by atoms with Crippen molar-refractivity contribution in [2.24, 2.45) is 10.9 Å². The Morgan fingerprint density at radius 1 is 1.35 bits per heavy atom. The van der Waals surface area contributed by atoms with E-state index in [4.69, 9.17) is 4.42 Å². The molecule has 1 aliphatic rings. The van der Waals surface area contributed by atoms with Crippen LogP contribution in [0, 0.1) is 5.92 Å². The fourth-order valence-corrected chi connectivity index (χ4v) is 3.25. The number of nitrogens with zero attached hydrogens (tertiary/aromatic N) is 2. The zero-order valence-electron chi connectivity index (χ0n) is 15.4. The van der Waals surface area contributed by atoms with Crippen LogP contribution in [-0.4, -0.2) is 36.9 Å². The second-order valence-electron chi connectivity index (χ2n) is 6.73. The lowest BCUT2D eigenvalue weighted by atomic mass is 10.0. The van der Waals surface area contributed by atoms with Gasteiger partial charge >= 0.3 is 0 Å². The highest BCUT2D eigenvalue weighted by atomic mass is 16.3. The number of furan rings is 1. The van der Waals surface area contributed by atoms with Gasteiger partial charge in [-0.1, -0.05) is 19.1 Å². The minimum atomic E-state index is -0.252. The van der Waals surface area contributed by atoms with Crippen LogP contribution < -0.4 is 10.6 Å². The maximum absolute atomic E-state index is 12.1. The monoisotopic (exact) mass is 354 g/mol. The number of hydrogen-bond donors (Lipinski definition) is 2. The number of anilines is 1. The van der Waals surface area contributed by atoms with Gasteiger partial charge < -0.3 is 20.0 Å². The predicted molar refractivity (Wildman–Crippen MR) is 103 cm³/mol. The van der Waals surface area contributed by atoms with E-state index in [9.17, 15) is 4.79 Å². The number of carbonyl (C=O) groups is 1. The molecule has 3 rings (SSSR count). The summed E-state index contributed by atoms with van der Waals surface area (Å²) < 4.78 is 5.12. The minimum absolute atomic E-state index is 0.252. The number of piperidine rings is 1. The summed E-state index contributed by atoms with van der Waals surface area (Å²) in [7, 11) is 1.82. The van der Waals surface area contributed by atoms with Crippen LogP contribution in [0.5, 0.6) is 0 Å². The predicted octanol–water partition coefficient (Wildman–Crippen LogP) is 3.34. The Morgan fingerprint density at radius 2 is 2.23 bits per heavy atom. The van der Waals surface area contributed by atoms with Gasteiger partial charge in [-0.15, -0.1) is 0 Å². The third-order valence-electron chi connectivity index (χ3n) is 4.55. The first-order valence-electron chi connectivity index (χ1n) is 9.05. The van der Waals surface area contributed by atoms with Crippen LogP contribution in [0.25, 0.3) is 0 Å². The molecule has 0 spiro atoms. The van der Waals surface area contributed by atoms with Crippen molar-refractivity contribution in [3.8, 4) is 0 Å². The summed E-state index contributed by atoms with van der Waals surface area (Å²) in [6.45, 7) is 5.02. The Hall–Kier alpha value is -2.76. The van der Waals surface area contributed by atoms with E-state index in [-0.39, 0.29) is 5.91 Å². The van der Waals surface area contributed by atoms with Gasteiger partial charge in [-0.05, 0) is 48.6 Å². The molecule has 1 unspecified atom stereocenters. The molecule has 1 aromatic heterocycles. The molecule has 2 N–H and O–H groups in total. The summed E-state index contributed by atoms with van der Waals surface area (Å²) in [6.07, 6.45) is 3.98. The lowest BCUT2D eigenvalue weighted by Crippen LogP contribution is -2.45. The quantitative estimate of drug-likeness (QED) is 0.653. The fourth-order valence-electron chi connectivity index (χ4n) is 3.25. The summed E-state index contributed by atoms with van der Waals surface area (Å²) in [5.74, 6) is 1.68. The Morgan fingerprint density at radius 3 is 2.96 bits per heavy atom. The minimum Gasteiger partial charge on any atom is -0.459 e. The van der Waals surface area contributed by atoms with Gasteiger partial charge in [-0.3, -0.25) is 9.79 Å². The van der Waals surface area contributed by atoms with Gasteiger partial charge in [0.05, 0.1) is 6.26 Å². The topological polar surface area (TPSA) is 69.9 Å². The van der Waals surface area contributed by atoms with Crippen molar-refractivity contribution < 1.29 is 9.21 Å². The van der Waals surface area contributed by atoms with Crippen molar-refractivity contribution in [1.29, 1.82) is 0 Å². The van der Waals surface area contributed by atoms with Crippen LogP contribution in [0.2, 0.25) is 0 Å². The zero-order valence-corrected chi connectivity index (χ0v) is 15.4. The number of carbonyl (C=O) groups excluding carboxylic acids is 1. The molecular formula is C20H26N4O2. The molecule has 1 saturated heterocycles. The van der Waals surface area contributed by atoms with E-state index in [1.165, 1.54) is 19.1 Å². The summed E-state index contributed by atoms with van der Waals surface area (Å²) in [4.78, 5) is 18.8. The van der Waals surface area contributed by atoms with Crippen LogP contribution in [0.3, 0.4) is 0 Å². The third-order valence-corrected chi connectivity index (χ3v) is 4.55. The molecule has 0 radical (unpaired) electrons. The molecule has 1 aliphatic heterocycles. The molecule has 1 fully saturated rings. The second-order valence-corrected chi connectivity index (χ2v) is 6.73. The number of benzene rings is 1. The van der Waals surface area contributed by atoms with E-state index < -0.39 is 0 Å². The number of likely N-dealkylation sites (tertiary alicyclic amines) is 1. The van der Waals surface area contributed by atoms with E-state index in [1.807, 2.05) is 31.3 Å². The van der Waals surface area contributed by atoms with Crippen LogP contribution >= 0.6 is 0 Å². The van der Waals surface area contributed by atoms with Crippen molar-refractivity contribution in [3.63, 3.8) is 0 Å². The molecule has 2 aromatic rings. The molecule has 6 heteroatoms. The summed E-state index contributed by atoms with van der Waals surface area (Å²) in [5.41, 5.74) is 1.82. The van der Waals surface area contributed by atoms with Crippen molar-refractivity contribution in [2.75, 3.05) is 25.5 Å². The van der Waals surface area contributed by atoms with Gasteiger partial charge in [0.25, 0.3) is 5.91 Å². The largest absolute Gasteiger partial charge is 0.459 e. The molecule has 6 nitrogen and oxygen atoms in total. The van der Waals surface area contributed by atoms with Crippen LogP contribution in [0.1, 0.15) is 35.9 Å². The number of hydrogen-bond acceptors (Lipinski definition) is 3. The molecule has 2 heterocycles. The van der Waals surface area contributed by atoms with Crippen LogP contribution in [0.4, 0.5) is 5.69 Å². The summed E-state index contributed by atoms with van der Waals surface area (Å²) in [6, 6.07) is 11.1. The van der Waals surface area contributed by atoms with Crippen molar-refractivity contribution in [3.05, 3.63) is 54.0 Å². The Balaban J connectivity index is 1.58. The number of guanidine groups is 1. The molecular weight excluding hydrogens is 328 g/mol. The molecule has 1 atom stereocenters. The standard InChI is InChI=1S/C20H26N4O2/c1-15-6-4-10-24(14-15)20(21-2)22-13-16-7-3-8-17(12-16)23-19(25)18-9-5-11-26-18/h3,5,7-9,11-12,15H,4,6,10,13-14H2,1-2H3,(H,21,22)(H,23,25). The van der Waals surface area contributed by atoms with Crippen LogP contribution in [-0.2, 0) is 6.54 Å². The second kappa shape index (κ2) is 8.56. The highest BCUT2D eigenvalue weighted by Gasteiger charge is 2.19. The third kappa shape index (κ3) is 4.65. The molecule has 138 valence electrons. The van der Waals surface area contributed by atoms with Gasteiger partial charge in [0.2, 0.25) is 0 Å². The van der Waals surface area contributed by atoms with Gasteiger partial charge in [0.15, 0.2) is 11.7 Å². The number of amides is 1. The molecule has 1 amide bonds. The maximum Gasteiger partial charge on any atom is 0.291 e. The Labute approximate surface area is 154 Å². The van der Waals surface area contributed by atoms with Crippen molar-refractivity contribution in [2.45, 2.75) is 26.3 Å². The summed E-state index contributed by atoms with van der Waals surface area (Å²) in [5, 5.41) is 6.28. The average Bonchev–Trinajstić information content (AvgIpc) is 3.17. The Kier molecular flexibility index (Phi) is 5.94. The van der Waals surface area contributed by atoms with Gasteiger partial charge in [0.1, 0.15) is 0 Å². The first-order valence-corrected chi connectivity index (χ1v) is 9.05. The highest BCUT2D eigenvalue weighted by Crippen LogP contribution is 2.16. The van der Waals surface area contributed by atoms with E-state index in [2.05, 4.69) is 27.4 Å². The molecule has 0 bridgehead atoms. The smallest absolute Gasteiger partial charge is 0.291 e. The number of aliphatic imine (C=N–C) groups is 1. The average molecular weight is 354 g/mol. The molecule has 26 heavy (non-hydrogen) atoms. The fraction of sp³-hybridized carbons (Fsp3) is 0.400. The highest BCUT2D eigenvalue weighted by molar-refractivity contribution is 6.02. The van der Waals surface area contributed by atoms with E-state index >= 15 is 0 Å². The van der Waals surface area contributed by atoms with Gasteiger partial charge in [-0.25, -0.2) is 0 Å². The molecule has 0 saturated carbocycles. The summed E-state index contributed by atoms with van der Waals surface area (Å²) >= 11 is 0. The first-order chi connectivity index (χ1) is 12.7. The molecule has 0 aliphatic carbocycles.